The molecule has 0 spiro atoms. The zero-order valence-electron chi connectivity index (χ0n) is 14.7. The molecule has 2 heterocycles. The highest BCUT2D eigenvalue weighted by Crippen LogP contribution is 2.30. The van der Waals surface area contributed by atoms with Crippen molar-refractivity contribution in [2.24, 2.45) is 0 Å². The van der Waals surface area contributed by atoms with Crippen LogP contribution in [0.25, 0.3) is 22.2 Å². The van der Waals surface area contributed by atoms with Crippen LogP contribution in [0.15, 0.2) is 54.6 Å². The Morgan fingerprint density at radius 3 is 2.44 bits per heavy atom. The van der Waals surface area contributed by atoms with Gasteiger partial charge in [-0.15, -0.1) is 0 Å². The third kappa shape index (κ3) is 3.22. The van der Waals surface area contributed by atoms with Gasteiger partial charge in [0.2, 0.25) is 0 Å². The van der Waals surface area contributed by atoms with Crippen LogP contribution in [0.4, 0.5) is 0 Å². The largest absolute Gasteiger partial charge is 0.279 e. The number of fused-ring (bicyclic) bond motifs is 1. The Labute approximate surface area is 166 Å². The van der Waals surface area contributed by atoms with Gasteiger partial charge in [0.05, 0.1) is 32.5 Å². The summed E-state index contributed by atoms with van der Waals surface area (Å²) in [4.78, 5) is 17.9. The molecule has 0 fully saturated rings. The van der Waals surface area contributed by atoms with E-state index >= 15 is 0 Å². The van der Waals surface area contributed by atoms with Crippen LogP contribution in [0.3, 0.4) is 0 Å². The number of rotatable bonds is 2. The van der Waals surface area contributed by atoms with Crippen LogP contribution in [0.5, 0.6) is 0 Å². The lowest BCUT2D eigenvalue weighted by Crippen LogP contribution is -2.16. The molecule has 0 amide bonds. The summed E-state index contributed by atoms with van der Waals surface area (Å²) < 4.78 is 1.43. The highest BCUT2D eigenvalue weighted by atomic mass is 35.5. The van der Waals surface area contributed by atoms with Crippen molar-refractivity contribution >= 4 is 40.0 Å². The number of pyridine rings is 1. The summed E-state index contributed by atoms with van der Waals surface area (Å²) in [5.41, 5.74) is 4.28. The van der Waals surface area contributed by atoms with E-state index in [1.54, 1.807) is 18.2 Å². The normalized spacial score (nSPS) is 11.1. The number of carbonyl (C=O) groups is 1. The fourth-order valence-corrected chi connectivity index (χ4v) is 3.40. The second-order valence-corrected chi connectivity index (χ2v) is 7.16. The number of benzene rings is 2. The minimum absolute atomic E-state index is 0.194. The zero-order valence-corrected chi connectivity index (χ0v) is 16.2. The topological polar surface area (TPSA) is 47.8 Å². The quantitative estimate of drug-likeness (QED) is 0.436. The van der Waals surface area contributed by atoms with Gasteiger partial charge in [0.1, 0.15) is 0 Å². The molecule has 2 aromatic carbocycles. The summed E-state index contributed by atoms with van der Waals surface area (Å²) in [6.07, 6.45) is 0. The number of carbonyl (C=O) groups excluding carboxylic acids is 1. The maximum Gasteiger partial charge on any atom is 0.279 e. The first-order chi connectivity index (χ1) is 12.9. The molecule has 0 saturated carbocycles. The number of halogens is 2. The Morgan fingerprint density at radius 1 is 0.963 bits per heavy atom. The van der Waals surface area contributed by atoms with Crippen molar-refractivity contribution in [1.29, 1.82) is 0 Å². The van der Waals surface area contributed by atoms with Crippen molar-refractivity contribution in [2.75, 3.05) is 0 Å². The predicted octanol–water partition coefficient (Wildman–Crippen LogP) is 5.71. The minimum atomic E-state index is -0.194. The molecule has 134 valence electrons. The van der Waals surface area contributed by atoms with Crippen LogP contribution < -0.4 is 0 Å². The number of para-hydroxylation sites is 1. The second-order valence-electron chi connectivity index (χ2n) is 6.35. The zero-order chi connectivity index (χ0) is 19.1. The maximum absolute atomic E-state index is 13.2. The molecular formula is C21H15Cl2N3O. The van der Waals surface area contributed by atoms with Gasteiger partial charge in [0.25, 0.3) is 5.91 Å². The molecule has 0 N–H and O–H groups in total. The first kappa shape index (κ1) is 17.7. The van der Waals surface area contributed by atoms with Gasteiger partial charge >= 0.3 is 0 Å². The number of aryl methyl sites for hydroxylation is 2. The minimum Gasteiger partial charge on any atom is -0.267 e. The van der Waals surface area contributed by atoms with Gasteiger partial charge in [0.15, 0.2) is 0 Å². The van der Waals surface area contributed by atoms with Crippen molar-refractivity contribution in [3.63, 3.8) is 0 Å². The molecule has 4 rings (SSSR count). The van der Waals surface area contributed by atoms with Crippen LogP contribution in [-0.4, -0.2) is 20.7 Å². The summed E-state index contributed by atoms with van der Waals surface area (Å²) in [6.45, 7) is 3.73. The van der Waals surface area contributed by atoms with E-state index < -0.39 is 0 Å². The van der Waals surface area contributed by atoms with E-state index in [4.69, 9.17) is 28.2 Å². The van der Waals surface area contributed by atoms with Crippen LogP contribution in [0, 0.1) is 13.8 Å². The molecule has 2 aromatic heterocycles. The number of hydrogen-bond acceptors (Lipinski definition) is 3. The lowest BCUT2D eigenvalue weighted by Gasteiger charge is -2.10. The van der Waals surface area contributed by atoms with Crippen molar-refractivity contribution < 1.29 is 4.79 Å². The first-order valence-corrected chi connectivity index (χ1v) is 9.13. The van der Waals surface area contributed by atoms with E-state index in [2.05, 4.69) is 5.10 Å². The second kappa shape index (κ2) is 6.80. The highest BCUT2D eigenvalue weighted by Gasteiger charge is 2.18. The SMILES string of the molecule is Cc1cc(C)n(C(=O)c2cc(-c3ccc(Cl)c(Cl)c3)nc3ccccc23)n1. The monoisotopic (exact) mass is 395 g/mol. The van der Waals surface area contributed by atoms with E-state index in [-0.39, 0.29) is 5.91 Å². The molecule has 0 bridgehead atoms. The van der Waals surface area contributed by atoms with Gasteiger partial charge < -0.3 is 0 Å². The molecule has 6 heteroatoms. The lowest BCUT2D eigenvalue weighted by molar-refractivity contribution is 0.0944. The smallest absolute Gasteiger partial charge is 0.267 e. The van der Waals surface area contributed by atoms with E-state index in [9.17, 15) is 4.79 Å². The molecule has 0 saturated heterocycles. The molecule has 0 radical (unpaired) electrons. The lowest BCUT2D eigenvalue weighted by atomic mass is 10.0. The van der Waals surface area contributed by atoms with Gasteiger partial charge in [-0.25, -0.2) is 9.67 Å². The van der Waals surface area contributed by atoms with E-state index in [1.165, 1.54) is 4.68 Å². The van der Waals surface area contributed by atoms with Crippen molar-refractivity contribution in [1.82, 2.24) is 14.8 Å². The van der Waals surface area contributed by atoms with Gasteiger partial charge in [-0.2, -0.15) is 5.10 Å². The molecule has 4 aromatic rings. The fourth-order valence-electron chi connectivity index (χ4n) is 3.10. The van der Waals surface area contributed by atoms with Crippen LogP contribution in [-0.2, 0) is 0 Å². The predicted molar refractivity (Wildman–Crippen MR) is 109 cm³/mol. The number of nitrogens with zero attached hydrogens (tertiary/aromatic N) is 3. The van der Waals surface area contributed by atoms with Crippen molar-refractivity contribution in [3.8, 4) is 11.3 Å². The highest BCUT2D eigenvalue weighted by molar-refractivity contribution is 6.42. The molecule has 4 nitrogen and oxygen atoms in total. The van der Waals surface area contributed by atoms with E-state index in [0.29, 0.717) is 21.3 Å². The van der Waals surface area contributed by atoms with Crippen LogP contribution in [0.2, 0.25) is 10.0 Å². The summed E-state index contributed by atoms with van der Waals surface area (Å²) in [7, 11) is 0. The van der Waals surface area contributed by atoms with E-state index in [0.717, 1.165) is 27.9 Å². The van der Waals surface area contributed by atoms with Crippen molar-refractivity contribution in [3.05, 3.63) is 81.6 Å². The Balaban J connectivity index is 1.95. The summed E-state index contributed by atoms with van der Waals surface area (Å²) in [6, 6.07) is 16.5. The molecule has 27 heavy (non-hydrogen) atoms. The Hall–Kier alpha value is -2.69. The first-order valence-electron chi connectivity index (χ1n) is 8.37. The summed E-state index contributed by atoms with van der Waals surface area (Å²) in [5, 5.41) is 6.02. The van der Waals surface area contributed by atoms with Crippen molar-refractivity contribution in [2.45, 2.75) is 13.8 Å². The van der Waals surface area contributed by atoms with Gasteiger partial charge in [-0.05, 0) is 44.2 Å². The van der Waals surface area contributed by atoms with Gasteiger partial charge in [-0.1, -0.05) is 47.5 Å². The summed E-state index contributed by atoms with van der Waals surface area (Å²) >= 11 is 12.2. The van der Waals surface area contributed by atoms with Crippen LogP contribution >= 0.6 is 23.2 Å². The van der Waals surface area contributed by atoms with Gasteiger partial charge in [0, 0.05) is 16.6 Å². The van der Waals surface area contributed by atoms with E-state index in [1.807, 2.05) is 50.2 Å². The molecule has 0 aliphatic carbocycles. The molecular weight excluding hydrogens is 381 g/mol. The Morgan fingerprint density at radius 2 is 1.74 bits per heavy atom. The average molecular weight is 396 g/mol. The molecule has 0 atom stereocenters. The third-order valence-electron chi connectivity index (χ3n) is 4.36. The maximum atomic E-state index is 13.2. The molecule has 0 unspecified atom stereocenters. The van der Waals surface area contributed by atoms with Gasteiger partial charge in [-0.3, -0.25) is 4.79 Å². The average Bonchev–Trinajstić information content (AvgIpc) is 3.00. The number of aromatic nitrogens is 3. The number of hydrogen-bond donors (Lipinski definition) is 0. The molecule has 0 aliphatic heterocycles. The fraction of sp³-hybridized carbons (Fsp3) is 0.0952. The molecule has 0 aliphatic rings. The summed E-state index contributed by atoms with van der Waals surface area (Å²) in [5.74, 6) is -0.194. The Bertz CT molecular complexity index is 1200. The third-order valence-corrected chi connectivity index (χ3v) is 5.10. The van der Waals surface area contributed by atoms with Crippen LogP contribution in [0.1, 0.15) is 21.7 Å². The standard InChI is InChI=1S/C21H15Cl2N3O/c1-12-9-13(2)26(25-12)21(27)16-11-20(14-7-8-17(22)18(23)10-14)24-19-6-4-3-5-15(16)19/h3-11H,1-2H3. The Kier molecular flexibility index (Phi) is 4.46.